The molecule has 0 aliphatic carbocycles. The quantitative estimate of drug-likeness (QED) is 0.433. The van der Waals surface area contributed by atoms with Gasteiger partial charge >= 0.3 is 6.03 Å². The summed E-state index contributed by atoms with van der Waals surface area (Å²) in [7, 11) is 3.23. The molecule has 192 valence electrons. The number of aromatic nitrogens is 3. The molecule has 2 amide bonds. The summed E-state index contributed by atoms with van der Waals surface area (Å²) in [6, 6.07) is 9.74. The third-order valence-electron chi connectivity index (χ3n) is 6.69. The van der Waals surface area contributed by atoms with Gasteiger partial charge in [0, 0.05) is 74.8 Å². The molecule has 4 rings (SSSR count). The fourth-order valence-electron chi connectivity index (χ4n) is 4.71. The lowest BCUT2D eigenvalue weighted by atomic mass is 10.0. The molecule has 1 fully saturated rings. The maximum Gasteiger partial charge on any atom is 0.322 e. The number of anilines is 1. The Bertz CT molecular complexity index is 1110. The Kier molecular flexibility index (Phi) is 8.78. The molecule has 1 aliphatic heterocycles. The van der Waals surface area contributed by atoms with Gasteiger partial charge in [0.1, 0.15) is 0 Å². The van der Waals surface area contributed by atoms with Gasteiger partial charge < -0.3 is 19.4 Å². The Morgan fingerprint density at radius 3 is 2.58 bits per heavy atom. The molecule has 1 saturated heterocycles. The van der Waals surface area contributed by atoms with Gasteiger partial charge in [-0.3, -0.25) is 14.8 Å². The number of methoxy groups -OCH3 is 2. The van der Waals surface area contributed by atoms with E-state index in [0.29, 0.717) is 18.0 Å². The van der Waals surface area contributed by atoms with Gasteiger partial charge in [-0.2, -0.15) is 0 Å². The van der Waals surface area contributed by atoms with Crippen LogP contribution in [0.1, 0.15) is 30.5 Å². The lowest BCUT2D eigenvalue weighted by Gasteiger charge is -2.38. The number of hydrogen-bond donors (Lipinski definition) is 1. The first-order chi connectivity index (χ1) is 17.6. The number of imidazole rings is 1. The fraction of sp³-hybridized carbons (Fsp3) is 0.444. The summed E-state index contributed by atoms with van der Waals surface area (Å²) >= 11 is 0. The zero-order chi connectivity index (χ0) is 25.3. The van der Waals surface area contributed by atoms with E-state index in [1.54, 1.807) is 20.4 Å². The highest BCUT2D eigenvalue weighted by molar-refractivity contribution is 5.93. The Labute approximate surface area is 213 Å². The molecule has 2 aromatic heterocycles. The average Bonchev–Trinajstić information content (AvgIpc) is 3.32. The van der Waals surface area contributed by atoms with Crippen molar-refractivity contribution >= 4 is 11.7 Å². The van der Waals surface area contributed by atoms with E-state index in [2.05, 4.69) is 30.8 Å². The predicted octanol–water partition coefficient (Wildman–Crippen LogP) is 3.87. The third-order valence-corrected chi connectivity index (χ3v) is 6.69. The standard InChI is InChI=1S/C27H36N6O3/c1-21-17-29-20-32(21)13-5-12-30-27(34)33(24-7-8-25(35-2)26(16-24)36-3)23-9-14-31(15-10-23)19-22-6-4-11-28-18-22/h4,6-8,11,16-18,20,23H,5,9-10,12-15,19H2,1-3H3,(H,30,34). The Balaban J connectivity index is 1.43. The van der Waals surface area contributed by atoms with Crippen LogP contribution in [0, 0.1) is 6.92 Å². The molecule has 9 heteroatoms. The number of carbonyl (C=O) groups excluding carboxylic acids is 1. The van der Waals surface area contributed by atoms with E-state index in [1.165, 1.54) is 5.56 Å². The van der Waals surface area contributed by atoms with E-state index in [4.69, 9.17) is 9.47 Å². The molecule has 0 unspecified atom stereocenters. The first-order valence-electron chi connectivity index (χ1n) is 12.5. The molecule has 0 spiro atoms. The molecule has 3 heterocycles. The number of amides is 2. The van der Waals surface area contributed by atoms with Crippen LogP contribution in [0.4, 0.5) is 10.5 Å². The predicted molar refractivity (Wildman–Crippen MR) is 140 cm³/mol. The summed E-state index contributed by atoms with van der Waals surface area (Å²) < 4.78 is 13.0. The van der Waals surface area contributed by atoms with Gasteiger partial charge in [0.25, 0.3) is 0 Å². The molecule has 36 heavy (non-hydrogen) atoms. The van der Waals surface area contributed by atoms with Crippen LogP contribution in [-0.4, -0.2) is 65.4 Å². The molecular weight excluding hydrogens is 456 g/mol. The molecule has 1 aromatic carbocycles. The first-order valence-corrected chi connectivity index (χ1v) is 12.5. The third kappa shape index (κ3) is 6.34. The summed E-state index contributed by atoms with van der Waals surface area (Å²) in [4.78, 5) is 26.2. The van der Waals surface area contributed by atoms with Crippen molar-refractivity contribution in [2.45, 2.75) is 45.3 Å². The van der Waals surface area contributed by atoms with Crippen molar-refractivity contribution in [3.05, 3.63) is 66.5 Å². The number of nitrogens with one attached hydrogen (secondary N) is 1. The highest BCUT2D eigenvalue weighted by atomic mass is 16.5. The molecule has 0 saturated carbocycles. The molecule has 1 aliphatic rings. The van der Waals surface area contributed by atoms with Gasteiger partial charge in [0.05, 0.1) is 20.5 Å². The summed E-state index contributed by atoms with van der Waals surface area (Å²) in [6.07, 6.45) is 9.98. The molecule has 0 atom stereocenters. The van der Waals surface area contributed by atoms with Crippen molar-refractivity contribution in [2.75, 3.05) is 38.8 Å². The van der Waals surface area contributed by atoms with Gasteiger partial charge in [-0.05, 0) is 49.9 Å². The zero-order valence-corrected chi connectivity index (χ0v) is 21.4. The van der Waals surface area contributed by atoms with Gasteiger partial charge in [-0.1, -0.05) is 6.07 Å². The van der Waals surface area contributed by atoms with Crippen molar-refractivity contribution in [2.24, 2.45) is 0 Å². The second kappa shape index (κ2) is 12.4. The number of nitrogens with zero attached hydrogens (tertiary/aromatic N) is 5. The van der Waals surface area contributed by atoms with Crippen molar-refractivity contribution in [1.82, 2.24) is 24.8 Å². The van der Waals surface area contributed by atoms with Crippen LogP contribution >= 0.6 is 0 Å². The number of likely N-dealkylation sites (tertiary alicyclic amines) is 1. The average molecular weight is 493 g/mol. The van der Waals surface area contributed by atoms with E-state index in [1.807, 2.05) is 54.8 Å². The van der Waals surface area contributed by atoms with Crippen molar-refractivity contribution in [3.63, 3.8) is 0 Å². The number of rotatable bonds is 10. The smallest absolute Gasteiger partial charge is 0.322 e. The summed E-state index contributed by atoms with van der Waals surface area (Å²) in [5, 5.41) is 3.14. The van der Waals surface area contributed by atoms with Gasteiger partial charge in [-0.15, -0.1) is 0 Å². The van der Waals surface area contributed by atoms with Crippen LogP contribution < -0.4 is 19.7 Å². The van der Waals surface area contributed by atoms with Crippen molar-refractivity contribution in [1.29, 1.82) is 0 Å². The van der Waals surface area contributed by atoms with Crippen LogP contribution in [0.25, 0.3) is 0 Å². The SMILES string of the molecule is COc1ccc(N(C(=O)NCCCn2cncc2C)C2CCN(Cc3cccnc3)CC2)cc1OC. The van der Waals surface area contributed by atoms with E-state index in [0.717, 1.165) is 56.8 Å². The maximum absolute atomic E-state index is 13.5. The number of benzene rings is 1. The van der Waals surface area contributed by atoms with Crippen LogP contribution in [0.15, 0.2) is 55.2 Å². The number of pyridine rings is 1. The first kappa shape index (κ1) is 25.5. The topological polar surface area (TPSA) is 84.8 Å². The largest absolute Gasteiger partial charge is 0.493 e. The van der Waals surface area contributed by atoms with Crippen LogP contribution in [0.2, 0.25) is 0 Å². The number of urea groups is 1. The second-order valence-corrected chi connectivity index (χ2v) is 9.09. The molecule has 9 nitrogen and oxygen atoms in total. The molecule has 1 N–H and O–H groups in total. The Morgan fingerprint density at radius 1 is 1.11 bits per heavy atom. The van der Waals surface area contributed by atoms with Crippen molar-refractivity contribution < 1.29 is 14.3 Å². The molecular formula is C27H36N6O3. The van der Waals surface area contributed by atoms with Gasteiger partial charge in [-0.25, -0.2) is 9.78 Å². The highest BCUT2D eigenvalue weighted by Gasteiger charge is 2.30. The maximum atomic E-state index is 13.5. The van der Waals surface area contributed by atoms with E-state index >= 15 is 0 Å². The number of ether oxygens (including phenoxy) is 2. The van der Waals surface area contributed by atoms with E-state index in [-0.39, 0.29) is 12.1 Å². The zero-order valence-electron chi connectivity index (χ0n) is 21.4. The molecule has 0 radical (unpaired) electrons. The van der Waals surface area contributed by atoms with E-state index < -0.39 is 0 Å². The number of aryl methyl sites for hydroxylation is 2. The number of carbonyl (C=O) groups is 1. The minimum atomic E-state index is -0.0877. The van der Waals surface area contributed by atoms with Gasteiger partial charge in [0.15, 0.2) is 11.5 Å². The van der Waals surface area contributed by atoms with Crippen LogP contribution in [0.3, 0.4) is 0 Å². The highest BCUT2D eigenvalue weighted by Crippen LogP contribution is 2.34. The Morgan fingerprint density at radius 2 is 1.92 bits per heavy atom. The number of piperidine rings is 1. The lowest BCUT2D eigenvalue weighted by Crippen LogP contribution is -2.51. The fourth-order valence-corrected chi connectivity index (χ4v) is 4.71. The monoisotopic (exact) mass is 492 g/mol. The summed E-state index contributed by atoms with van der Waals surface area (Å²) in [5.41, 5.74) is 3.13. The van der Waals surface area contributed by atoms with Crippen molar-refractivity contribution in [3.8, 4) is 11.5 Å². The second-order valence-electron chi connectivity index (χ2n) is 9.09. The minimum absolute atomic E-state index is 0.0872. The summed E-state index contributed by atoms with van der Waals surface area (Å²) in [6.45, 7) is 6.13. The molecule has 3 aromatic rings. The van der Waals surface area contributed by atoms with E-state index in [9.17, 15) is 4.79 Å². The normalized spacial score (nSPS) is 14.4. The van der Waals surface area contributed by atoms with Gasteiger partial charge in [0.2, 0.25) is 0 Å². The van der Waals surface area contributed by atoms with Crippen LogP contribution in [-0.2, 0) is 13.1 Å². The minimum Gasteiger partial charge on any atom is -0.493 e. The molecule has 0 bridgehead atoms. The lowest BCUT2D eigenvalue weighted by molar-refractivity contribution is 0.197. The Hall–Kier alpha value is -3.59. The summed E-state index contributed by atoms with van der Waals surface area (Å²) in [5.74, 6) is 1.25. The van der Waals surface area contributed by atoms with Crippen LogP contribution in [0.5, 0.6) is 11.5 Å². The number of hydrogen-bond acceptors (Lipinski definition) is 6.